The first-order valence-corrected chi connectivity index (χ1v) is 4.26. The Morgan fingerprint density at radius 3 is 2.93 bits per heavy atom. The molecule has 0 amide bonds. The molecule has 6 heteroatoms. The van der Waals surface area contributed by atoms with Crippen LogP contribution in [-0.4, -0.2) is 25.8 Å². The van der Waals surface area contributed by atoms with Crippen LogP contribution < -0.4 is 0 Å². The standard InChI is InChI=1S/C8H8N4O2/c9-3-7-10-4-12(11-7)6-2-1-5(6)8(13)14/h4-6H,1-2H2,(H,13,14). The largest absolute Gasteiger partial charge is 0.481 e. The zero-order valence-electron chi connectivity index (χ0n) is 7.29. The zero-order chi connectivity index (χ0) is 10.1. The molecule has 1 aliphatic carbocycles. The maximum Gasteiger partial charge on any atom is 0.308 e. The van der Waals surface area contributed by atoms with E-state index in [9.17, 15) is 4.79 Å². The zero-order valence-corrected chi connectivity index (χ0v) is 7.29. The lowest BCUT2D eigenvalue weighted by molar-refractivity contribution is -0.147. The van der Waals surface area contributed by atoms with Crippen LogP contribution >= 0.6 is 0 Å². The highest BCUT2D eigenvalue weighted by Gasteiger charge is 2.38. The number of hydrogen-bond acceptors (Lipinski definition) is 4. The van der Waals surface area contributed by atoms with Gasteiger partial charge in [0.15, 0.2) is 0 Å². The number of carbonyl (C=O) groups is 1. The Morgan fingerprint density at radius 2 is 2.50 bits per heavy atom. The maximum absolute atomic E-state index is 10.7. The van der Waals surface area contributed by atoms with Gasteiger partial charge in [-0.2, -0.15) is 5.26 Å². The van der Waals surface area contributed by atoms with Crippen molar-refractivity contribution in [2.45, 2.75) is 18.9 Å². The van der Waals surface area contributed by atoms with Crippen LogP contribution in [0.1, 0.15) is 24.7 Å². The molecule has 14 heavy (non-hydrogen) atoms. The Bertz CT molecular complexity index is 406. The van der Waals surface area contributed by atoms with Crippen LogP contribution in [0.2, 0.25) is 0 Å². The van der Waals surface area contributed by atoms with Crippen LogP contribution in [-0.2, 0) is 4.79 Å². The highest BCUT2D eigenvalue weighted by molar-refractivity contribution is 5.71. The molecule has 0 radical (unpaired) electrons. The second kappa shape index (κ2) is 3.10. The molecule has 0 bridgehead atoms. The minimum Gasteiger partial charge on any atom is -0.481 e. The van der Waals surface area contributed by atoms with E-state index in [4.69, 9.17) is 10.4 Å². The molecule has 2 unspecified atom stereocenters. The van der Waals surface area contributed by atoms with E-state index >= 15 is 0 Å². The minimum absolute atomic E-state index is 0.0843. The molecule has 0 aliphatic heterocycles. The van der Waals surface area contributed by atoms with E-state index < -0.39 is 5.97 Å². The third-order valence-corrected chi connectivity index (χ3v) is 2.50. The molecule has 2 rings (SSSR count). The molecule has 1 aromatic rings. The monoisotopic (exact) mass is 192 g/mol. The molecule has 1 heterocycles. The van der Waals surface area contributed by atoms with Gasteiger partial charge >= 0.3 is 5.97 Å². The lowest BCUT2D eigenvalue weighted by Crippen LogP contribution is -2.35. The second-order valence-corrected chi connectivity index (χ2v) is 3.25. The summed E-state index contributed by atoms with van der Waals surface area (Å²) in [5.74, 6) is -1.11. The van der Waals surface area contributed by atoms with Crippen molar-refractivity contribution in [2.24, 2.45) is 5.92 Å². The van der Waals surface area contributed by atoms with E-state index in [1.807, 2.05) is 0 Å². The number of aromatic nitrogens is 3. The smallest absolute Gasteiger partial charge is 0.308 e. The third-order valence-electron chi connectivity index (χ3n) is 2.50. The molecule has 72 valence electrons. The number of carboxylic acids is 1. The molecule has 1 saturated carbocycles. The first kappa shape index (κ1) is 8.69. The fourth-order valence-electron chi connectivity index (χ4n) is 1.57. The number of nitrogens with zero attached hydrogens (tertiary/aromatic N) is 4. The van der Waals surface area contributed by atoms with Gasteiger partial charge in [-0.15, -0.1) is 5.10 Å². The molecule has 1 N–H and O–H groups in total. The number of nitriles is 1. The summed E-state index contributed by atoms with van der Waals surface area (Å²) in [4.78, 5) is 14.4. The van der Waals surface area contributed by atoms with Crippen LogP contribution in [0.15, 0.2) is 6.33 Å². The Balaban J connectivity index is 2.17. The van der Waals surface area contributed by atoms with Gasteiger partial charge in [-0.25, -0.2) is 9.67 Å². The predicted octanol–water partition coefficient (Wildman–Crippen LogP) is 0.185. The van der Waals surface area contributed by atoms with Gasteiger partial charge in [0.1, 0.15) is 12.4 Å². The fourth-order valence-corrected chi connectivity index (χ4v) is 1.57. The first-order chi connectivity index (χ1) is 6.72. The third kappa shape index (κ3) is 1.23. The quantitative estimate of drug-likeness (QED) is 0.721. The molecule has 0 aromatic carbocycles. The van der Waals surface area contributed by atoms with Crippen molar-refractivity contribution in [1.29, 1.82) is 5.26 Å². The van der Waals surface area contributed by atoms with Gasteiger partial charge in [0.2, 0.25) is 0 Å². The van der Waals surface area contributed by atoms with Gasteiger partial charge in [-0.05, 0) is 12.8 Å². The van der Waals surface area contributed by atoms with Gasteiger partial charge in [0.25, 0.3) is 5.82 Å². The molecule has 0 saturated heterocycles. The highest BCUT2D eigenvalue weighted by atomic mass is 16.4. The van der Waals surface area contributed by atoms with Crippen LogP contribution in [0, 0.1) is 17.2 Å². The normalized spacial score (nSPS) is 25.1. The van der Waals surface area contributed by atoms with E-state index in [1.165, 1.54) is 11.0 Å². The molecule has 2 atom stereocenters. The van der Waals surface area contributed by atoms with Crippen molar-refractivity contribution in [1.82, 2.24) is 14.8 Å². The molecular formula is C8H8N4O2. The highest BCUT2D eigenvalue weighted by Crippen LogP contribution is 2.37. The van der Waals surface area contributed by atoms with E-state index in [0.717, 1.165) is 6.42 Å². The predicted molar refractivity (Wildman–Crippen MR) is 44.1 cm³/mol. The van der Waals surface area contributed by atoms with E-state index in [-0.39, 0.29) is 17.8 Å². The van der Waals surface area contributed by atoms with Gasteiger partial charge in [-0.1, -0.05) is 0 Å². The van der Waals surface area contributed by atoms with Crippen LogP contribution in [0.4, 0.5) is 0 Å². The maximum atomic E-state index is 10.7. The minimum atomic E-state index is -0.810. The summed E-state index contributed by atoms with van der Waals surface area (Å²) in [6.07, 6.45) is 2.87. The summed E-state index contributed by atoms with van der Waals surface area (Å²) in [6.45, 7) is 0. The van der Waals surface area contributed by atoms with Crippen LogP contribution in [0.3, 0.4) is 0 Å². The number of carboxylic acid groups (broad SMARTS) is 1. The lowest BCUT2D eigenvalue weighted by atomic mass is 9.80. The summed E-state index contributed by atoms with van der Waals surface area (Å²) in [5, 5.41) is 21.2. The van der Waals surface area contributed by atoms with Gasteiger partial charge in [0.05, 0.1) is 12.0 Å². The SMILES string of the molecule is N#Cc1ncn(C2CCC2C(=O)O)n1. The number of hydrogen-bond donors (Lipinski definition) is 1. The van der Waals surface area contributed by atoms with Crippen LogP contribution in [0.25, 0.3) is 0 Å². The Hall–Kier alpha value is -1.90. The van der Waals surface area contributed by atoms with Gasteiger partial charge in [-0.3, -0.25) is 4.79 Å². The molecule has 1 fully saturated rings. The summed E-state index contributed by atoms with van der Waals surface area (Å²) in [7, 11) is 0. The van der Waals surface area contributed by atoms with Crippen molar-refractivity contribution in [3.63, 3.8) is 0 Å². The van der Waals surface area contributed by atoms with E-state index in [2.05, 4.69) is 10.1 Å². The summed E-state index contributed by atoms with van der Waals surface area (Å²) in [5.41, 5.74) is 0. The van der Waals surface area contributed by atoms with Crippen molar-refractivity contribution < 1.29 is 9.90 Å². The lowest BCUT2D eigenvalue weighted by Gasteiger charge is -2.32. The average molecular weight is 192 g/mol. The molecule has 6 nitrogen and oxygen atoms in total. The summed E-state index contributed by atoms with van der Waals surface area (Å²) in [6, 6.07) is 1.67. The number of aliphatic carboxylic acids is 1. The topological polar surface area (TPSA) is 91.8 Å². The van der Waals surface area contributed by atoms with E-state index in [1.54, 1.807) is 6.07 Å². The fraction of sp³-hybridized carbons (Fsp3) is 0.500. The molecule has 1 aliphatic rings. The van der Waals surface area contributed by atoms with Crippen molar-refractivity contribution in [3.05, 3.63) is 12.2 Å². The Morgan fingerprint density at radius 1 is 1.71 bits per heavy atom. The van der Waals surface area contributed by atoms with Gasteiger partial charge in [0, 0.05) is 0 Å². The summed E-state index contributed by atoms with van der Waals surface area (Å²) < 4.78 is 1.47. The van der Waals surface area contributed by atoms with Crippen molar-refractivity contribution in [3.8, 4) is 6.07 Å². The summed E-state index contributed by atoms with van der Waals surface area (Å²) >= 11 is 0. The Labute approximate surface area is 79.8 Å². The van der Waals surface area contributed by atoms with Gasteiger partial charge < -0.3 is 5.11 Å². The van der Waals surface area contributed by atoms with Crippen molar-refractivity contribution >= 4 is 5.97 Å². The molecular weight excluding hydrogens is 184 g/mol. The number of rotatable bonds is 2. The van der Waals surface area contributed by atoms with E-state index in [0.29, 0.717) is 6.42 Å². The van der Waals surface area contributed by atoms with Crippen molar-refractivity contribution in [2.75, 3.05) is 0 Å². The second-order valence-electron chi connectivity index (χ2n) is 3.25. The first-order valence-electron chi connectivity index (χ1n) is 4.26. The Kier molecular flexibility index (Phi) is 1.93. The average Bonchev–Trinajstić information content (AvgIpc) is 2.49. The molecule has 0 spiro atoms. The van der Waals surface area contributed by atoms with Crippen LogP contribution in [0.5, 0.6) is 0 Å². The molecule has 1 aromatic heterocycles.